The van der Waals surface area contributed by atoms with E-state index >= 15 is 0 Å². The molecule has 0 unspecified atom stereocenters. The number of amides is 1. The molecule has 33 heavy (non-hydrogen) atoms. The fourth-order valence-electron chi connectivity index (χ4n) is 4.18. The zero-order chi connectivity index (χ0) is 23.4. The number of likely N-dealkylation sites (tertiary alicyclic amines) is 1. The Morgan fingerprint density at radius 2 is 1.76 bits per heavy atom. The van der Waals surface area contributed by atoms with E-state index < -0.39 is 27.2 Å². The smallest absolute Gasteiger partial charge is 0.237 e. The number of benzene rings is 2. The number of carbonyl (C=O) groups is 1. The third kappa shape index (κ3) is 5.87. The van der Waals surface area contributed by atoms with Crippen LogP contribution in [-0.4, -0.2) is 43.1 Å². The minimum Gasteiger partial charge on any atom is -0.441 e. The molecule has 4 rings (SSSR count). The van der Waals surface area contributed by atoms with Crippen molar-refractivity contribution in [2.45, 2.75) is 31.9 Å². The van der Waals surface area contributed by atoms with Gasteiger partial charge in [0.05, 0.1) is 17.0 Å². The number of sulfone groups is 1. The number of hydrogen-bond donors (Lipinski definition) is 0. The molecule has 0 N–H and O–H groups in total. The van der Waals surface area contributed by atoms with Crippen molar-refractivity contribution in [2.24, 2.45) is 5.92 Å². The van der Waals surface area contributed by atoms with E-state index in [1.807, 2.05) is 18.2 Å². The van der Waals surface area contributed by atoms with Gasteiger partial charge < -0.3 is 9.32 Å². The number of aryl methyl sites for hydroxylation is 1. The van der Waals surface area contributed by atoms with Crippen LogP contribution in [0.3, 0.4) is 0 Å². The van der Waals surface area contributed by atoms with Crippen molar-refractivity contribution in [3.63, 3.8) is 0 Å². The molecule has 3 aromatic rings. The molecule has 0 atom stereocenters. The van der Waals surface area contributed by atoms with E-state index in [1.165, 1.54) is 17.7 Å². The second-order valence-electron chi connectivity index (χ2n) is 8.55. The Kier molecular flexibility index (Phi) is 6.93. The topological polar surface area (TPSA) is 80.5 Å². The highest BCUT2D eigenvalue weighted by atomic mass is 32.2. The van der Waals surface area contributed by atoms with Gasteiger partial charge in [0, 0.05) is 13.1 Å². The molecule has 1 aliphatic heterocycles. The predicted octanol–water partition coefficient (Wildman–Crippen LogP) is 4.19. The molecular weight excluding hydrogens is 443 g/mol. The third-order valence-electron chi connectivity index (χ3n) is 6.03. The van der Waals surface area contributed by atoms with Crippen LogP contribution in [0.15, 0.2) is 59.0 Å². The standard InChI is InChI=1S/C25H27FN2O4S/c1-18-23(27-25(32-18)21-9-5-6-10-22(21)26)16-33(30,31)17-24(29)28-13-11-20(12-14-28)15-19-7-3-2-4-8-19/h2-10,20H,11-17H2,1H3. The van der Waals surface area contributed by atoms with Gasteiger partial charge in [-0.05, 0) is 49.8 Å². The molecule has 0 aliphatic carbocycles. The molecule has 1 aliphatic rings. The molecule has 174 valence electrons. The second kappa shape index (κ2) is 9.87. The maximum atomic E-state index is 14.0. The van der Waals surface area contributed by atoms with Gasteiger partial charge in [0.25, 0.3) is 0 Å². The lowest BCUT2D eigenvalue weighted by atomic mass is 9.90. The molecule has 0 spiro atoms. The van der Waals surface area contributed by atoms with Crippen molar-refractivity contribution in [1.82, 2.24) is 9.88 Å². The molecule has 8 heteroatoms. The number of carbonyl (C=O) groups excluding carboxylic acids is 1. The minimum atomic E-state index is -3.75. The number of piperidine rings is 1. The van der Waals surface area contributed by atoms with Gasteiger partial charge in [0.15, 0.2) is 9.84 Å². The molecule has 6 nitrogen and oxygen atoms in total. The molecule has 1 aromatic heterocycles. The van der Waals surface area contributed by atoms with Crippen LogP contribution < -0.4 is 0 Å². The van der Waals surface area contributed by atoms with E-state index in [1.54, 1.807) is 24.0 Å². The first-order chi connectivity index (χ1) is 15.8. The van der Waals surface area contributed by atoms with Crippen LogP contribution in [0.25, 0.3) is 11.5 Å². The lowest BCUT2D eigenvalue weighted by molar-refractivity contribution is -0.129. The number of hydrogen-bond acceptors (Lipinski definition) is 5. The average molecular weight is 471 g/mol. The van der Waals surface area contributed by atoms with Gasteiger partial charge >= 0.3 is 0 Å². The Balaban J connectivity index is 1.34. The van der Waals surface area contributed by atoms with Crippen molar-refractivity contribution >= 4 is 15.7 Å². The molecule has 0 radical (unpaired) electrons. The zero-order valence-corrected chi connectivity index (χ0v) is 19.4. The van der Waals surface area contributed by atoms with Gasteiger partial charge in [-0.15, -0.1) is 0 Å². The van der Waals surface area contributed by atoms with Crippen LogP contribution in [-0.2, 0) is 26.8 Å². The van der Waals surface area contributed by atoms with E-state index in [4.69, 9.17) is 4.42 Å². The summed E-state index contributed by atoms with van der Waals surface area (Å²) in [6.45, 7) is 2.71. The molecule has 1 saturated heterocycles. The quantitative estimate of drug-likeness (QED) is 0.517. The van der Waals surface area contributed by atoms with Crippen molar-refractivity contribution in [2.75, 3.05) is 18.8 Å². The first kappa shape index (κ1) is 23.2. The van der Waals surface area contributed by atoms with Gasteiger partial charge in [0.2, 0.25) is 11.8 Å². The highest BCUT2D eigenvalue weighted by Gasteiger charge is 2.28. The number of aromatic nitrogens is 1. The van der Waals surface area contributed by atoms with Crippen molar-refractivity contribution in [1.29, 1.82) is 0 Å². The summed E-state index contributed by atoms with van der Waals surface area (Å²) in [5.74, 6) is -1.07. The fourth-order valence-corrected chi connectivity index (χ4v) is 5.53. The molecule has 2 aromatic carbocycles. The molecular formula is C25H27FN2O4S. The summed E-state index contributed by atoms with van der Waals surface area (Å²) in [5, 5.41) is 0. The number of oxazole rings is 1. The average Bonchev–Trinajstić information content (AvgIpc) is 3.14. The van der Waals surface area contributed by atoms with Crippen LogP contribution in [0.4, 0.5) is 4.39 Å². The SMILES string of the molecule is Cc1oc(-c2ccccc2F)nc1CS(=O)(=O)CC(=O)N1CCC(Cc2ccccc2)CC1. The minimum absolute atomic E-state index is 0.0302. The summed E-state index contributed by atoms with van der Waals surface area (Å²) in [7, 11) is -3.75. The van der Waals surface area contributed by atoms with Gasteiger partial charge in [0.1, 0.15) is 17.3 Å². The monoisotopic (exact) mass is 470 g/mol. The Labute approximate surface area is 193 Å². The highest BCUT2D eigenvalue weighted by Crippen LogP contribution is 2.26. The van der Waals surface area contributed by atoms with Gasteiger partial charge in [-0.3, -0.25) is 4.79 Å². The zero-order valence-electron chi connectivity index (χ0n) is 18.5. The van der Waals surface area contributed by atoms with Crippen molar-refractivity contribution in [3.05, 3.63) is 77.4 Å². The van der Waals surface area contributed by atoms with E-state index in [-0.39, 0.29) is 23.1 Å². The third-order valence-corrected chi connectivity index (χ3v) is 7.43. The largest absolute Gasteiger partial charge is 0.441 e. The highest BCUT2D eigenvalue weighted by molar-refractivity contribution is 7.91. The Bertz CT molecular complexity index is 1220. The lowest BCUT2D eigenvalue weighted by Gasteiger charge is -2.32. The maximum absolute atomic E-state index is 14.0. The van der Waals surface area contributed by atoms with Crippen LogP contribution >= 0.6 is 0 Å². The summed E-state index contributed by atoms with van der Waals surface area (Å²) in [5.41, 5.74) is 1.64. The molecule has 0 saturated carbocycles. The van der Waals surface area contributed by atoms with Gasteiger partial charge in [-0.1, -0.05) is 42.5 Å². The summed E-state index contributed by atoms with van der Waals surface area (Å²) in [4.78, 5) is 18.5. The molecule has 1 fully saturated rings. The fraction of sp³-hybridized carbons (Fsp3) is 0.360. The number of nitrogens with zero attached hydrogens (tertiary/aromatic N) is 2. The molecule has 1 amide bonds. The van der Waals surface area contributed by atoms with E-state index in [0.29, 0.717) is 24.8 Å². The Hall–Kier alpha value is -3.00. The van der Waals surface area contributed by atoms with Gasteiger partial charge in [-0.25, -0.2) is 17.8 Å². The lowest BCUT2D eigenvalue weighted by Crippen LogP contribution is -2.42. The summed E-state index contributed by atoms with van der Waals surface area (Å²) in [6.07, 6.45) is 2.68. The van der Waals surface area contributed by atoms with Crippen LogP contribution in [0.2, 0.25) is 0 Å². The van der Waals surface area contributed by atoms with Crippen LogP contribution in [0.5, 0.6) is 0 Å². The summed E-state index contributed by atoms with van der Waals surface area (Å²) < 4.78 is 45.0. The first-order valence-electron chi connectivity index (χ1n) is 11.0. The van der Waals surface area contributed by atoms with E-state index in [2.05, 4.69) is 17.1 Å². The maximum Gasteiger partial charge on any atom is 0.237 e. The number of rotatable bonds is 7. The Morgan fingerprint density at radius 1 is 1.09 bits per heavy atom. The Morgan fingerprint density at radius 3 is 2.45 bits per heavy atom. The van der Waals surface area contributed by atoms with E-state index in [0.717, 1.165) is 19.3 Å². The normalized spacial score (nSPS) is 15.0. The first-order valence-corrected chi connectivity index (χ1v) is 12.9. The van der Waals surface area contributed by atoms with Crippen LogP contribution in [0.1, 0.15) is 29.9 Å². The van der Waals surface area contributed by atoms with Crippen molar-refractivity contribution in [3.8, 4) is 11.5 Å². The summed E-state index contributed by atoms with van der Waals surface area (Å²) in [6, 6.07) is 16.3. The van der Waals surface area contributed by atoms with Gasteiger partial charge in [-0.2, -0.15) is 0 Å². The molecule has 2 heterocycles. The van der Waals surface area contributed by atoms with E-state index in [9.17, 15) is 17.6 Å². The predicted molar refractivity (Wildman–Crippen MR) is 124 cm³/mol. The molecule has 0 bridgehead atoms. The van der Waals surface area contributed by atoms with Crippen molar-refractivity contribution < 1.29 is 22.0 Å². The summed E-state index contributed by atoms with van der Waals surface area (Å²) >= 11 is 0. The number of halogens is 1. The van der Waals surface area contributed by atoms with Crippen LogP contribution in [0, 0.1) is 18.7 Å². The second-order valence-corrected chi connectivity index (χ2v) is 10.6.